The van der Waals surface area contributed by atoms with Crippen LogP contribution in [0.1, 0.15) is 11.1 Å². The second-order valence-electron chi connectivity index (χ2n) is 6.89. The molecule has 4 rings (SSSR count). The number of aromatic nitrogens is 2. The SMILES string of the molecule is COc1ccccc1CC(=O)Nc1ccc2[nH]c3c(=O)[nH]cc(CC(=O)O)c3c2c1. The Morgan fingerprint density at radius 2 is 1.90 bits per heavy atom. The summed E-state index contributed by atoms with van der Waals surface area (Å²) in [6, 6.07) is 12.5. The number of aliphatic carboxylic acids is 1. The maximum absolute atomic E-state index is 12.5. The number of pyridine rings is 1. The van der Waals surface area contributed by atoms with E-state index in [1.807, 2.05) is 18.2 Å². The van der Waals surface area contributed by atoms with Crippen molar-refractivity contribution in [3.05, 3.63) is 70.1 Å². The van der Waals surface area contributed by atoms with E-state index in [1.54, 1.807) is 31.4 Å². The van der Waals surface area contributed by atoms with Crippen molar-refractivity contribution in [2.24, 2.45) is 0 Å². The fraction of sp³-hybridized carbons (Fsp3) is 0.136. The number of carboxylic acids is 1. The lowest BCUT2D eigenvalue weighted by Gasteiger charge is -2.09. The van der Waals surface area contributed by atoms with Crippen LogP contribution in [0.4, 0.5) is 5.69 Å². The Hall–Kier alpha value is -4.07. The molecule has 0 aliphatic heterocycles. The molecule has 0 radical (unpaired) electrons. The van der Waals surface area contributed by atoms with Crippen LogP contribution in [0.25, 0.3) is 21.8 Å². The summed E-state index contributed by atoms with van der Waals surface area (Å²) >= 11 is 0. The number of carbonyl (C=O) groups is 2. The number of methoxy groups -OCH3 is 1. The topological polar surface area (TPSA) is 124 Å². The van der Waals surface area contributed by atoms with E-state index in [4.69, 9.17) is 4.74 Å². The third-order valence-corrected chi connectivity index (χ3v) is 4.89. The Bertz CT molecular complexity index is 1340. The van der Waals surface area contributed by atoms with Crippen molar-refractivity contribution in [1.29, 1.82) is 0 Å². The number of hydrogen-bond donors (Lipinski definition) is 4. The Morgan fingerprint density at radius 3 is 2.67 bits per heavy atom. The van der Waals surface area contributed by atoms with Crippen LogP contribution in [0.5, 0.6) is 5.75 Å². The molecule has 4 aromatic rings. The van der Waals surface area contributed by atoms with Crippen molar-refractivity contribution in [3.8, 4) is 5.75 Å². The zero-order chi connectivity index (χ0) is 21.3. The number of fused-ring (bicyclic) bond motifs is 3. The van der Waals surface area contributed by atoms with Gasteiger partial charge in [0.1, 0.15) is 11.3 Å². The zero-order valence-corrected chi connectivity index (χ0v) is 16.1. The maximum atomic E-state index is 12.5. The molecule has 0 spiro atoms. The van der Waals surface area contributed by atoms with Crippen molar-refractivity contribution in [1.82, 2.24) is 9.97 Å². The summed E-state index contributed by atoms with van der Waals surface area (Å²) in [4.78, 5) is 41.6. The number of carboxylic acid groups (broad SMARTS) is 1. The first-order valence-corrected chi connectivity index (χ1v) is 9.26. The van der Waals surface area contributed by atoms with Gasteiger partial charge in [0.05, 0.1) is 20.0 Å². The molecule has 0 aliphatic carbocycles. The predicted octanol–water partition coefficient (Wildman–Crippen LogP) is 2.83. The molecule has 2 aromatic heterocycles. The van der Waals surface area contributed by atoms with E-state index >= 15 is 0 Å². The van der Waals surface area contributed by atoms with Crippen molar-refractivity contribution in [2.75, 3.05) is 12.4 Å². The lowest BCUT2D eigenvalue weighted by molar-refractivity contribution is -0.136. The summed E-state index contributed by atoms with van der Waals surface area (Å²) in [6.45, 7) is 0. The number of amides is 1. The number of benzene rings is 2. The van der Waals surface area contributed by atoms with E-state index in [2.05, 4.69) is 15.3 Å². The van der Waals surface area contributed by atoms with Crippen LogP contribution in [-0.2, 0) is 22.4 Å². The van der Waals surface area contributed by atoms with Gasteiger partial charge in [0, 0.05) is 33.7 Å². The van der Waals surface area contributed by atoms with Crippen LogP contribution in [-0.4, -0.2) is 34.1 Å². The van der Waals surface area contributed by atoms with Crippen LogP contribution < -0.4 is 15.6 Å². The first kappa shape index (κ1) is 19.3. The number of hydrogen-bond acceptors (Lipinski definition) is 4. The molecule has 0 atom stereocenters. The highest BCUT2D eigenvalue weighted by Gasteiger charge is 2.15. The molecule has 4 N–H and O–H groups in total. The highest BCUT2D eigenvalue weighted by molar-refractivity contribution is 6.11. The van der Waals surface area contributed by atoms with Gasteiger partial charge in [-0.25, -0.2) is 0 Å². The van der Waals surface area contributed by atoms with Crippen LogP contribution in [0.2, 0.25) is 0 Å². The smallest absolute Gasteiger partial charge is 0.307 e. The Kier molecular flexibility index (Phi) is 4.97. The number of anilines is 1. The summed E-state index contributed by atoms with van der Waals surface area (Å²) in [5.41, 5.74) is 2.45. The van der Waals surface area contributed by atoms with Gasteiger partial charge < -0.3 is 25.1 Å². The number of rotatable bonds is 6. The number of nitrogens with one attached hydrogen (secondary N) is 3. The molecule has 0 bridgehead atoms. The molecule has 8 nitrogen and oxygen atoms in total. The molecule has 2 aromatic carbocycles. The van der Waals surface area contributed by atoms with Crippen LogP contribution in [0, 0.1) is 0 Å². The average Bonchev–Trinajstić information content (AvgIpc) is 3.10. The van der Waals surface area contributed by atoms with E-state index in [0.717, 1.165) is 5.56 Å². The summed E-state index contributed by atoms with van der Waals surface area (Å²) in [7, 11) is 1.55. The van der Waals surface area contributed by atoms with Gasteiger partial charge in [0.2, 0.25) is 5.91 Å². The molecule has 0 saturated heterocycles. The molecular weight excluding hydrogens is 386 g/mol. The van der Waals surface area contributed by atoms with Gasteiger partial charge in [-0.05, 0) is 29.8 Å². The van der Waals surface area contributed by atoms with Crippen molar-refractivity contribution in [3.63, 3.8) is 0 Å². The number of aromatic amines is 2. The third kappa shape index (κ3) is 3.62. The van der Waals surface area contributed by atoms with Crippen LogP contribution in [0.3, 0.4) is 0 Å². The van der Waals surface area contributed by atoms with E-state index in [0.29, 0.717) is 38.8 Å². The molecule has 8 heteroatoms. The minimum atomic E-state index is -1.00. The summed E-state index contributed by atoms with van der Waals surface area (Å²) in [5.74, 6) is -0.585. The fourth-order valence-electron chi connectivity index (χ4n) is 3.60. The number of para-hydroxylation sites is 1. The maximum Gasteiger partial charge on any atom is 0.307 e. The van der Waals surface area contributed by atoms with E-state index in [-0.39, 0.29) is 24.3 Å². The number of ether oxygens (including phenoxy) is 1. The lowest BCUT2D eigenvalue weighted by atomic mass is 10.1. The molecule has 0 fully saturated rings. The molecule has 2 heterocycles. The zero-order valence-electron chi connectivity index (χ0n) is 16.1. The van der Waals surface area contributed by atoms with Gasteiger partial charge >= 0.3 is 5.97 Å². The Labute approximate surface area is 170 Å². The highest BCUT2D eigenvalue weighted by atomic mass is 16.5. The van der Waals surface area contributed by atoms with Crippen LogP contribution >= 0.6 is 0 Å². The van der Waals surface area contributed by atoms with Gasteiger partial charge in [-0.1, -0.05) is 18.2 Å². The molecule has 30 heavy (non-hydrogen) atoms. The highest BCUT2D eigenvalue weighted by Crippen LogP contribution is 2.29. The molecule has 0 saturated carbocycles. The standard InChI is InChI=1S/C22H19N3O5/c1-30-17-5-3-2-4-12(17)8-18(26)24-14-6-7-16-15(10-14)20-13(9-19(27)28)11-23-22(29)21(20)25-16/h2-7,10-11,25H,8-9H2,1H3,(H,23,29)(H,24,26)(H,27,28). The van der Waals surface area contributed by atoms with Gasteiger partial charge in [-0.3, -0.25) is 14.4 Å². The average molecular weight is 405 g/mol. The Morgan fingerprint density at radius 1 is 1.10 bits per heavy atom. The van der Waals surface area contributed by atoms with Crippen LogP contribution in [0.15, 0.2) is 53.5 Å². The van der Waals surface area contributed by atoms with Crippen molar-refractivity contribution >= 4 is 39.4 Å². The van der Waals surface area contributed by atoms with Gasteiger partial charge in [0.25, 0.3) is 5.56 Å². The lowest BCUT2D eigenvalue weighted by Crippen LogP contribution is -2.14. The predicted molar refractivity (Wildman–Crippen MR) is 113 cm³/mol. The van der Waals surface area contributed by atoms with Crippen molar-refractivity contribution in [2.45, 2.75) is 12.8 Å². The second kappa shape index (κ2) is 7.75. The summed E-state index contributed by atoms with van der Waals surface area (Å²) in [5, 5.41) is 13.3. The largest absolute Gasteiger partial charge is 0.496 e. The molecule has 152 valence electrons. The summed E-state index contributed by atoms with van der Waals surface area (Å²) < 4.78 is 5.28. The Balaban J connectivity index is 1.69. The first-order valence-electron chi connectivity index (χ1n) is 9.26. The minimum absolute atomic E-state index is 0.139. The first-order chi connectivity index (χ1) is 14.5. The minimum Gasteiger partial charge on any atom is -0.496 e. The quantitative estimate of drug-likeness (QED) is 0.393. The summed E-state index contributed by atoms with van der Waals surface area (Å²) in [6.07, 6.45) is 1.32. The monoisotopic (exact) mass is 405 g/mol. The van der Waals surface area contributed by atoms with Gasteiger partial charge in [0.15, 0.2) is 0 Å². The molecule has 0 unspecified atom stereocenters. The fourth-order valence-corrected chi connectivity index (χ4v) is 3.60. The number of carbonyl (C=O) groups excluding carboxylic acids is 1. The van der Waals surface area contributed by atoms with Gasteiger partial charge in [-0.15, -0.1) is 0 Å². The van der Waals surface area contributed by atoms with E-state index < -0.39 is 5.97 Å². The molecular formula is C22H19N3O5. The molecule has 1 amide bonds. The van der Waals surface area contributed by atoms with E-state index in [1.165, 1.54) is 6.20 Å². The normalized spacial score (nSPS) is 11.0. The third-order valence-electron chi connectivity index (χ3n) is 4.89. The van der Waals surface area contributed by atoms with E-state index in [9.17, 15) is 19.5 Å². The molecule has 0 aliphatic rings. The second-order valence-corrected chi connectivity index (χ2v) is 6.89. The van der Waals surface area contributed by atoms with Gasteiger partial charge in [-0.2, -0.15) is 0 Å². The number of H-pyrrole nitrogens is 2. The van der Waals surface area contributed by atoms with Crippen molar-refractivity contribution < 1.29 is 19.4 Å².